The zero-order valence-corrected chi connectivity index (χ0v) is 11.0. The maximum atomic E-state index is 10.8. The van der Waals surface area contributed by atoms with E-state index in [0.29, 0.717) is 29.1 Å². The zero-order valence-electron chi connectivity index (χ0n) is 8.70. The van der Waals surface area contributed by atoms with Gasteiger partial charge >= 0.3 is 5.69 Å². The van der Waals surface area contributed by atoms with Crippen molar-refractivity contribution in [1.82, 2.24) is 0 Å². The molecule has 0 N–H and O–H groups in total. The van der Waals surface area contributed by atoms with E-state index in [1.807, 2.05) is 0 Å². The van der Waals surface area contributed by atoms with E-state index in [-0.39, 0.29) is 5.69 Å². The number of hydrogen-bond donors (Lipinski definition) is 0. The lowest BCUT2D eigenvalue weighted by Gasteiger charge is -2.09. The molecule has 6 heteroatoms. The summed E-state index contributed by atoms with van der Waals surface area (Å²) in [7, 11) is 0. The monoisotopic (exact) mass is 307 g/mol. The number of nitro benzene ring substituents is 1. The number of ether oxygens (including phenoxy) is 1. The molecule has 1 aromatic rings. The molecule has 0 aliphatic rings. The Hall–Kier alpha value is -0.810. The lowest BCUT2D eigenvalue weighted by atomic mass is 10.2. The van der Waals surface area contributed by atoms with E-state index >= 15 is 0 Å². The van der Waals surface area contributed by atoms with Crippen molar-refractivity contribution in [2.45, 2.75) is 13.3 Å². The van der Waals surface area contributed by atoms with Crippen molar-refractivity contribution in [1.29, 1.82) is 0 Å². The molecule has 1 rings (SSSR count). The molecule has 1 aromatic carbocycles. The van der Waals surface area contributed by atoms with Crippen molar-refractivity contribution in [2.75, 3.05) is 12.5 Å². The van der Waals surface area contributed by atoms with E-state index in [1.54, 1.807) is 13.0 Å². The quantitative estimate of drug-likeness (QED) is 0.361. The fourth-order valence-corrected chi connectivity index (χ4v) is 1.93. The van der Waals surface area contributed by atoms with Crippen LogP contribution in [0.2, 0.25) is 0 Å². The summed E-state index contributed by atoms with van der Waals surface area (Å²) >= 11 is 8.73. The molecule has 0 bridgehead atoms. The second kappa shape index (κ2) is 6.06. The fourth-order valence-electron chi connectivity index (χ4n) is 1.26. The van der Waals surface area contributed by atoms with E-state index in [2.05, 4.69) is 15.9 Å². The summed E-state index contributed by atoms with van der Waals surface area (Å²) in [6.45, 7) is 2.15. The standard InChI is InChI=1S/C10H11BrClNO3/c1-7-5-8(11)6-9(13(14)15)10(7)16-4-2-3-12/h5-6H,2-4H2,1H3. The Morgan fingerprint density at radius 1 is 1.56 bits per heavy atom. The maximum absolute atomic E-state index is 10.8. The molecule has 0 fully saturated rings. The smallest absolute Gasteiger partial charge is 0.312 e. The largest absolute Gasteiger partial charge is 0.487 e. The van der Waals surface area contributed by atoms with E-state index in [4.69, 9.17) is 16.3 Å². The molecule has 0 atom stereocenters. The van der Waals surface area contributed by atoms with Gasteiger partial charge in [0.05, 0.1) is 11.5 Å². The Morgan fingerprint density at radius 3 is 2.81 bits per heavy atom. The van der Waals surface area contributed by atoms with Gasteiger partial charge in [-0.3, -0.25) is 10.1 Å². The minimum atomic E-state index is -0.451. The highest BCUT2D eigenvalue weighted by Gasteiger charge is 2.18. The average Bonchev–Trinajstić information content (AvgIpc) is 2.20. The van der Waals surface area contributed by atoms with Crippen LogP contribution in [0.15, 0.2) is 16.6 Å². The van der Waals surface area contributed by atoms with Gasteiger partial charge in [0, 0.05) is 16.4 Å². The van der Waals surface area contributed by atoms with E-state index in [0.717, 1.165) is 5.56 Å². The van der Waals surface area contributed by atoms with Gasteiger partial charge in [-0.2, -0.15) is 0 Å². The molecular formula is C10H11BrClNO3. The molecule has 0 saturated carbocycles. The van der Waals surface area contributed by atoms with Crippen molar-refractivity contribution in [3.8, 4) is 5.75 Å². The molecule has 4 nitrogen and oxygen atoms in total. The van der Waals surface area contributed by atoms with Crippen LogP contribution in [0.5, 0.6) is 5.75 Å². The van der Waals surface area contributed by atoms with Gasteiger partial charge < -0.3 is 4.74 Å². The van der Waals surface area contributed by atoms with Gasteiger partial charge in [0.2, 0.25) is 0 Å². The highest BCUT2D eigenvalue weighted by Crippen LogP contribution is 2.34. The third-order valence-corrected chi connectivity index (χ3v) is 2.67. The van der Waals surface area contributed by atoms with Crippen LogP contribution in [0, 0.1) is 17.0 Å². The number of nitro groups is 1. The van der Waals surface area contributed by atoms with Crippen molar-refractivity contribution in [2.24, 2.45) is 0 Å². The van der Waals surface area contributed by atoms with Gasteiger partial charge in [-0.25, -0.2) is 0 Å². The van der Waals surface area contributed by atoms with Crippen LogP contribution in [0.1, 0.15) is 12.0 Å². The average molecular weight is 309 g/mol. The van der Waals surface area contributed by atoms with Crippen molar-refractivity contribution >= 4 is 33.2 Å². The lowest BCUT2D eigenvalue weighted by Crippen LogP contribution is -2.02. The van der Waals surface area contributed by atoms with E-state index in [1.165, 1.54) is 6.07 Å². The Bertz CT molecular complexity index is 398. The van der Waals surface area contributed by atoms with Gasteiger partial charge in [-0.1, -0.05) is 15.9 Å². The van der Waals surface area contributed by atoms with E-state index in [9.17, 15) is 10.1 Å². The SMILES string of the molecule is Cc1cc(Br)cc([N+](=O)[O-])c1OCCCCl. The second-order valence-electron chi connectivity index (χ2n) is 3.22. The van der Waals surface area contributed by atoms with Gasteiger partial charge in [0.1, 0.15) is 0 Å². The molecule has 88 valence electrons. The van der Waals surface area contributed by atoms with Crippen LogP contribution in [0.3, 0.4) is 0 Å². The van der Waals surface area contributed by atoms with Crippen molar-refractivity contribution < 1.29 is 9.66 Å². The normalized spacial score (nSPS) is 10.2. The molecule has 16 heavy (non-hydrogen) atoms. The first kappa shape index (κ1) is 13.3. The lowest BCUT2D eigenvalue weighted by molar-refractivity contribution is -0.386. The minimum Gasteiger partial charge on any atom is -0.487 e. The highest BCUT2D eigenvalue weighted by atomic mass is 79.9. The molecule has 0 saturated heterocycles. The van der Waals surface area contributed by atoms with Crippen LogP contribution in [0.4, 0.5) is 5.69 Å². The second-order valence-corrected chi connectivity index (χ2v) is 4.51. The molecule has 0 radical (unpaired) electrons. The van der Waals surface area contributed by atoms with Gasteiger partial charge in [-0.05, 0) is 25.0 Å². The molecule has 0 amide bonds. The van der Waals surface area contributed by atoms with Crippen molar-refractivity contribution in [3.05, 3.63) is 32.3 Å². The summed E-state index contributed by atoms with van der Waals surface area (Å²) in [4.78, 5) is 10.4. The van der Waals surface area contributed by atoms with Crippen LogP contribution in [-0.4, -0.2) is 17.4 Å². The topological polar surface area (TPSA) is 52.4 Å². The van der Waals surface area contributed by atoms with Crippen LogP contribution in [-0.2, 0) is 0 Å². The van der Waals surface area contributed by atoms with Gasteiger partial charge in [0.25, 0.3) is 0 Å². The summed E-state index contributed by atoms with van der Waals surface area (Å²) in [6, 6.07) is 3.21. The summed E-state index contributed by atoms with van der Waals surface area (Å²) in [5.41, 5.74) is 0.706. The third-order valence-electron chi connectivity index (χ3n) is 1.94. The molecule has 0 aliphatic carbocycles. The Morgan fingerprint density at radius 2 is 2.25 bits per heavy atom. The number of alkyl halides is 1. The summed E-state index contributed by atoms with van der Waals surface area (Å²) in [5, 5.41) is 10.8. The number of aryl methyl sites for hydroxylation is 1. The predicted molar refractivity (Wildman–Crippen MR) is 66.4 cm³/mol. The predicted octanol–water partition coefficient (Wildman–Crippen LogP) is 3.67. The molecule has 0 aromatic heterocycles. The summed E-state index contributed by atoms with van der Waals surface area (Å²) in [5.74, 6) is 0.793. The Balaban J connectivity index is 2.99. The summed E-state index contributed by atoms with van der Waals surface area (Å²) < 4.78 is 6.05. The number of nitrogens with zero attached hydrogens (tertiary/aromatic N) is 1. The Labute approximate surface area is 107 Å². The molecule has 0 unspecified atom stereocenters. The molecular weight excluding hydrogens is 297 g/mol. The maximum Gasteiger partial charge on any atom is 0.312 e. The minimum absolute atomic E-state index is 0.0264. The first-order valence-corrected chi connectivity index (χ1v) is 6.02. The fraction of sp³-hybridized carbons (Fsp3) is 0.400. The summed E-state index contributed by atoms with van der Waals surface area (Å²) in [6.07, 6.45) is 0.661. The van der Waals surface area contributed by atoms with E-state index < -0.39 is 4.92 Å². The number of halogens is 2. The zero-order chi connectivity index (χ0) is 12.1. The molecule has 0 heterocycles. The van der Waals surface area contributed by atoms with Crippen LogP contribution >= 0.6 is 27.5 Å². The van der Waals surface area contributed by atoms with Gasteiger partial charge in [0.15, 0.2) is 5.75 Å². The van der Waals surface area contributed by atoms with Gasteiger partial charge in [-0.15, -0.1) is 11.6 Å². The first-order chi connectivity index (χ1) is 7.56. The molecule has 0 spiro atoms. The number of benzene rings is 1. The number of hydrogen-bond acceptors (Lipinski definition) is 3. The highest BCUT2D eigenvalue weighted by molar-refractivity contribution is 9.10. The third kappa shape index (κ3) is 3.35. The van der Waals surface area contributed by atoms with Crippen LogP contribution in [0.25, 0.3) is 0 Å². The molecule has 0 aliphatic heterocycles. The Kier molecular flexibility index (Phi) is 5.02. The van der Waals surface area contributed by atoms with Crippen molar-refractivity contribution in [3.63, 3.8) is 0 Å². The first-order valence-electron chi connectivity index (χ1n) is 4.69. The van der Waals surface area contributed by atoms with Crippen LogP contribution < -0.4 is 4.74 Å². The number of rotatable bonds is 5.